The Hall–Kier alpha value is -4.82. The summed E-state index contributed by atoms with van der Waals surface area (Å²) >= 11 is 6.17. The number of aromatic nitrogens is 4. The number of amides is 2. The molecule has 3 atom stereocenters. The summed E-state index contributed by atoms with van der Waals surface area (Å²) in [7, 11) is 0. The maximum atomic E-state index is 13.1. The van der Waals surface area contributed by atoms with Crippen LogP contribution in [0.25, 0.3) is 16.8 Å². The van der Waals surface area contributed by atoms with Crippen molar-refractivity contribution < 1.29 is 32.7 Å². The number of tetrazole rings is 1. The van der Waals surface area contributed by atoms with Crippen molar-refractivity contribution in [2.75, 3.05) is 6.54 Å². The second kappa shape index (κ2) is 15.5. The standard InChI is InChI=1S/C29H30ClN7O2.C2HF3O2/c1-19(28(38)32-17-24-15-25(30)11-12-27(24)37-18-33-35-36-37)34-29(39)26-16-23(13-14-31-26)22-9-7-21(8-10-22)20-5-3-2-4-6-20;3-2(4,5)1(6)7/h2-12,15,18-19,23,26,31H,13-14,16-17H2,1H3,(H,32,38)(H,34,39);(H,6,7)/t19?,23-,26+;/m0./s1. The molecule has 11 nitrogen and oxygen atoms in total. The molecule has 0 bridgehead atoms. The van der Waals surface area contributed by atoms with Gasteiger partial charge in [-0.15, -0.1) is 5.10 Å². The lowest BCUT2D eigenvalue weighted by Crippen LogP contribution is -2.53. The molecule has 4 N–H and O–H groups in total. The number of carboxylic acids is 1. The van der Waals surface area contributed by atoms with Crippen molar-refractivity contribution >= 4 is 29.4 Å². The first-order chi connectivity index (χ1) is 21.9. The van der Waals surface area contributed by atoms with Gasteiger partial charge < -0.3 is 21.1 Å². The Morgan fingerprint density at radius 2 is 1.74 bits per heavy atom. The van der Waals surface area contributed by atoms with Crippen LogP contribution >= 0.6 is 11.6 Å². The van der Waals surface area contributed by atoms with E-state index in [1.807, 2.05) is 18.2 Å². The van der Waals surface area contributed by atoms with Crippen molar-refractivity contribution in [2.45, 2.75) is 50.5 Å². The third-order valence-electron chi connectivity index (χ3n) is 7.29. The van der Waals surface area contributed by atoms with E-state index in [9.17, 15) is 22.8 Å². The van der Waals surface area contributed by atoms with Gasteiger partial charge in [0.05, 0.1) is 11.7 Å². The molecule has 2 heterocycles. The minimum absolute atomic E-state index is 0.180. The summed E-state index contributed by atoms with van der Waals surface area (Å²) in [5, 5.41) is 27.9. The fourth-order valence-corrected chi connectivity index (χ4v) is 5.10. The van der Waals surface area contributed by atoms with Crippen LogP contribution in [-0.4, -0.2) is 67.9 Å². The van der Waals surface area contributed by atoms with Gasteiger partial charge in [-0.1, -0.05) is 66.2 Å². The number of benzene rings is 3. The molecule has 0 spiro atoms. The maximum Gasteiger partial charge on any atom is 0.490 e. The Labute approximate surface area is 267 Å². The van der Waals surface area contributed by atoms with Crippen molar-refractivity contribution in [3.8, 4) is 16.8 Å². The summed E-state index contributed by atoms with van der Waals surface area (Å²) in [6, 6.07) is 23.0. The van der Waals surface area contributed by atoms with Crippen LogP contribution < -0.4 is 16.0 Å². The van der Waals surface area contributed by atoms with Crippen LogP contribution in [0, 0.1) is 0 Å². The minimum Gasteiger partial charge on any atom is -0.475 e. The van der Waals surface area contributed by atoms with Crippen molar-refractivity contribution in [1.29, 1.82) is 0 Å². The number of carboxylic acid groups (broad SMARTS) is 1. The van der Waals surface area contributed by atoms with Crippen LogP contribution in [0.2, 0.25) is 5.02 Å². The number of carbonyl (C=O) groups excluding carboxylic acids is 2. The molecule has 4 aromatic rings. The Balaban J connectivity index is 0.000000617. The molecule has 1 aliphatic rings. The van der Waals surface area contributed by atoms with Crippen molar-refractivity contribution in [2.24, 2.45) is 0 Å². The fraction of sp³-hybridized carbons (Fsp3) is 0.290. The molecule has 0 aliphatic carbocycles. The minimum atomic E-state index is -5.08. The first-order valence-electron chi connectivity index (χ1n) is 14.2. The van der Waals surface area contributed by atoms with Gasteiger partial charge in [0.2, 0.25) is 11.8 Å². The normalized spacial score (nSPS) is 16.8. The zero-order chi connectivity index (χ0) is 33.3. The van der Waals surface area contributed by atoms with Gasteiger partial charge in [0, 0.05) is 11.6 Å². The van der Waals surface area contributed by atoms with E-state index in [2.05, 4.69) is 67.9 Å². The van der Waals surface area contributed by atoms with Crippen LogP contribution in [0.5, 0.6) is 0 Å². The van der Waals surface area contributed by atoms with E-state index < -0.39 is 18.2 Å². The molecule has 0 saturated carbocycles. The summed E-state index contributed by atoms with van der Waals surface area (Å²) in [4.78, 5) is 34.8. The smallest absolute Gasteiger partial charge is 0.475 e. The van der Waals surface area contributed by atoms with Gasteiger partial charge in [-0.25, -0.2) is 9.48 Å². The predicted octanol–water partition coefficient (Wildman–Crippen LogP) is 4.27. The van der Waals surface area contributed by atoms with Gasteiger partial charge >= 0.3 is 12.1 Å². The molecular weight excluding hydrogens is 627 g/mol. The van der Waals surface area contributed by atoms with Gasteiger partial charge in [-0.3, -0.25) is 9.59 Å². The number of alkyl halides is 3. The summed E-state index contributed by atoms with van der Waals surface area (Å²) in [5.41, 5.74) is 5.03. The summed E-state index contributed by atoms with van der Waals surface area (Å²) < 4.78 is 33.2. The van der Waals surface area contributed by atoms with Gasteiger partial charge in [-0.2, -0.15) is 13.2 Å². The van der Waals surface area contributed by atoms with Crippen LogP contribution in [0.3, 0.4) is 0 Å². The van der Waals surface area contributed by atoms with E-state index >= 15 is 0 Å². The topological polar surface area (TPSA) is 151 Å². The molecule has 1 aliphatic heterocycles. The molecule has 1 saturated heterocycles. The van der Waals surface area contributed by atoms with E-state index in [1.165, 1.54) is 27.7 Å². The SMILES string of the molecule is CC(NC(=O)[C@H]1C[C@@H](c2ccc(-c3ccccc3)cc2)CCN1)C(=O)NCc1cc(Cl)ccc1-n1cnnn1.O=C(O)C(F)(F)F. The van der Waals surface area contributed by atoms with E-state index in [4.69, 9.17) is 21.5 Å². The van der Waals surface area contributed by atoms with E-state index in [-0.39, 0.29) is 30.3 Å². The Kier molecular flexibility index (Phi) is 11.4. The summed E-state index contributed by atoms with van der Waals surface area (Å²) in [6.07, 6.45) is -1.99. The monoisotopic (exact) mass is 657 g/mol. The number of rotatable bonds is 8. The number of nitrogens with one attached hydrogen (secondary N) is 3. The molecule has 2 amide bonds. The maximum absolute atomic E-state index is 13.1. The Bertz CT molecular complexity index is 1620. The molecule has 1 unspecified atom stereocenters. The number of aliphatic carboxylic acids is 1. The van der Waals surface area contributed by atoms with E-state index in [0.29, 0.717) is 17.1 Å². The average Bonchev–Trinajstić information content (AvgIpc) is 3.59. The second-order valence-electron chi connectivity index (χ2n) is 10.5. The highest BCUT2D eigenvalue weighted by Gasteiger charge is 2.38. The van der Waals surface area contributed by atoms with Gasteiger partial charge in [0.25, 0.3) is 0 Å². The molecule has 5 rings (SSSR count). The van der Waals surface area contributed by atoms with E-state index in [0.717, 1.165) is 18.5 Å². The number of piperidine rings is 1. The fourth-order valence-electron chi connectivity index (χ4n) is 4.90. The van der Waals surface area contributed by atoms with Crippen molar-refractivity contribution in [3.63, 3.8) is 0 Å². The lowest BCUT2D eigenvalue weighted by Gasteiger charge is -2.30. The zero-order valence-corrected chi connectivity index (χ0v) is 25.3. The number of hydrogen-bond acceptors (Lipinski definition) is 7. The lowest BCUT2D eigenvalue weighted by atomic mass is 9.85. The second-order valence-corrected chi connectivity index (χ2v) is 10.9. The van der Waals surface area contributed by atoms with Crippen molar-refractivity contribution in [3.05, 3.63) is 95.3 Å². The third-order valence-corrected chi connectivity index (χ3v) is 7.53. The molecule has 15 heteroatoms. The van der Waals surface area contributed by atoms with Gasteiger partial charge in [0.15, 0.2) is 0 Å². The first kappa shape index (κ1) is 34.1. The van der Waals surface area contributed by atoms with Crippen LogP contribution in [-0.2, 0) is 20.9 Å². The van der Waals surface area contributed by atoms with Gasteiger partial charge in [0.1, 0.15) is 12.4 Å². The van der Waals surface area contributed by atoms with Gasteiger partial charge in [-0.05, 0) is 83.1 Å². The highest BCUT2D eigenvalue weighted by molar-refractivity contribution is 6.30. The van der Waals surface area contributed by atoms with Crippen LogP contribution in [0.4, 0.5) is 13.2 Å². The van der Waals surface area contributed by atoms with Crippen LogP contribution in [0.15, 0.2) is 79.1 Å². The summed E-state index contributed by atoms with van der Waals surface area (Å²) in [6.45, 7) is 2.62. The quantitative estimate of drug-likeness (QED) is 0.219. The Morgan fingerprint density at radius 3 is 2.37 bits per heavy atom. The molecule has 0 radical (unpaired) electrons. The number of nitrogens with zero attached hydrogens (tertiary/aromatic N) is 4. The number of hydrogen-bond donors (Lipinski definition) is 4. The molecule has 242 valence electrons. The average molecular weight is 658 g/mol. The molecule has 1 aromatic heterocycles. The Morgan fingerprint density at radius 1 is 1.07 bits per heavy atom. The first-order valence-corrected chi connectivity index (χ1v) is 14.6. The van der Waals surface area contributed by atoms with Crippen molar-refractivity contribution in [1.82, 2.24) is 36.2 Å². The van der Waals surface area contributed by atoms with E-state index in [1.54, 1.807) is 25.1 Å². The molecule has 1 fully saturated rings. The highest BCUT2D eigenvalue weighted by atomic mass is 35.5. The predicted molar refractivity (Wildman–Crippen MR) is 163 cm³/mol. The number of halogens is 4. The third kappa shape index (κ3) is 9.34. The highest BCUT2D eigenvalue weighted by Crippen LogP contribution is 2.30. The molecule has 46 heavy (non-hydrogen) atoms. The largest absolute Gasteiger partial charge is 0.490 e. The van der Waals surface area contributed by atoms with Crippen LogP contribution in [0.1, 0.15) is 36.8 Å². The lowest BCUT2D eigenvalue weighted by molar-refractivity contribution is -0.192. The number of carbonyl (C=O) groups is 3. The zero-order valence-electron chi connectivity index (χ0n) is 24.5. The molecule has 3 aromatic carbocycles. The molecular formula is C31H31ClF3N7O4. The summed E-state index contributed by atoms with van der Waals surface area (Å²) in [5.74, 6) is -2.97.